The molecule has 94 valence electrons. The van der Waals surface area contributed by atoms with Gasteiger partial charge in [0.15, 0.2) is 0 Å². The summed E-state index contributed by atoms with van der Waals surface area (Å²) in [5.74, 6) is 0.788. The van der Waals surface area contributed by atoms with E-state index in [0.29, 0.717) is 6.61 Å². The third kappa shape index (κ3) is 3.20. The zero-order chi connectivity index (χ0) is 12.3. The summed E-state index contributed by atoms with van der Waals surface area (Å²) in [6.07, 6.45) is 1.67. The Bertz CT molecular complexity index is 368. The highest BCUT2D eigenvalue weighted by Crippen LogP contribution is 2.28. The maximum absolute atomic E-state index is 9.71. The Hall–Kier alpha value is -1.06. The van der Waals surface area contributed by atoms with Gasteiger partial charge in [-0.15, -0.1) is 0 Å². The minimum absolute atomic E-state index is 0.114. The van der Waals surface area contributed by atoms with Crippen LogP contribution in [0.15, 0.2) is 18.2 Å². The quantitative estimate of drug-likeness (QED) is 0.876. The van der Waals surface area contributed by atoms with E-state index in [4.69, 9.17) is 9.47 Å². The second-order valence-corrected chi connectivity index (χ2v) is 4.67. The highest BCUT2D eigenvalue weighted by atomic mass is 16.5. The van der Waals surface area contributed by atoms with E-state index in [9.17, 15) is 5.11 Å². The lowest BCUT2D eigenvalue weighted by Crippen LogP contribution is -2.28. The predicted octanol–water partition coefficient (Wildman–Crippen LogP) is 2.61. The van der Waals surface area contributed by atoms with Crippen LogP contribution in [0.25, 0.3) is 0 Å². The van der Waals surface area contributed by atoms with Crippen molar-refractivity contribution >= 4 is 0 Å². The van der Waals surface area contributed by atoms with Crippen molar-refractivity contribution in [1.82, 2.24) is 0 Å². The van der Waals surface area contributed by atoms with E-state index in [0.717, 1.165) is 36.3 Å². The zero-order valence-corrected chi connectivity index (χ0v) is 10.5. The minimum Gasteiger partial charge on any atom is -0.488 e. The van der Waals surface area contributed by atoms with Crippen LogP contribution in [0.5, 0.6) is 5.75 Å². The first-order valence-corrected chi connectivity index (χ1v) is 6.20. The van der Waals surface area contributed by atoms with Gasteiger partial charge in [0.05, 0.1) is 12.7 Å². The Morgan fingerprint density at radius 2 is 2.29 bits per heavy atom. The molecule has 1 aromatic carbocycles. The van der Waals surface area contributed by atoms with Crippen molar-refractivity contribution in [2.45, 2.75) is 38.9 Å². The summed E-state index contributed by atoms with van der Waals surface area (Å²) >= 11 is 0. The van der Waals surface area contributed by atoms with E-state index in [1.807, 2.05) is 25.1 Å². The molecule has 0 spiro atoms. The van der Waals surface area contributed by atoms with Crippen LogP contribution in [0, 0.1) is 6.92 Å². The molecule has 0 radical (unpaired) electrons. The fourth-order valence-corrected chi connectivity index (χ4v) is 2.07. The highest BCUT2D eigenvalue weighted by molar-refractivity contribution is 5.38. The van der Waals surface area contributed by atoms with Gasteiger partial charge in [-0.1, -0.05) is 12.1 Å². The lowest BCUT2D eigenvalue weighted by molar-refractivity contribution is 0.00611. The molecule has 2 rings (SSSR count). The SMILES string of the molecule is Cc1ccc(C(C)O)c(OC2CCCOC2)c1. The molecule has 0 aromatic heterocycles. The Morgan fingerprint density at radius 1 is 1.47 bits per heavy atom. The number of hydrogen-bond donors (Lipinski definition) is 1. The summed E-state index contributed by atoms with van der Waals surface area (Å²) in [6, 6.07) is 5.90. The van der Waals surface area contributed by atoms with Crippen LogP contribution in [-0.4, -0.2) is 24.4 Å². The van der Waals surface area contributed by atoms with Crippen LogP contribution in [0.4, 0.5) is 0 Å². The van der Waals surface area contributed by atoms with Crippen LogP contribution in [0.1, 0.15) is 37.0 Å². The topological polar surface area (TPSA) is 38.7 Å². The number of benzene rings is 1. The smallest absolute Gasteiger partial charge is 0.125 e. The van der Waals surface area contributed by atoms with Gasteiger partial charge in [-0.25, -0.2) is 0 Å². The van der Waals surface area contributed by atoms with Gasteiger partial charge in [0.25, 0.3) is 0 Å². The molecule has 2 unspecified atom stereocenters. The van der Waals surface area contributed by atoms with Gasteiger partial charge in [-0.05, 0) is 38.3 Å². The monoisotopic (exact) mass is 236 g/mol. The molecule has 1 aliphatic rings. The van der Waals surface area contributed by atoms with Crippen LogP contribution in [-0.2, 0) is 4.74 Å². The molecule has 0 aliphatic carbocycles. The Morgan fingerprint density at radius 3 is 2.94 bits per heavy atom. The first-order chi connectivity index (χ1) is 8.16. The van der Waals surface area contributed by atoms with Crippen molar-refractivity contribution in [2.24, 2.45) is 0 Å². The largest absolute Gasteiger partial charge is 0.488 e. The fraction of sp³-hybridized carbons (Fsp3) is 0.571. The Kier molecular flexibility index (Phi) is 4.02. The van der Waals surface area contributed by atoms with E-state index in [2.05, 4.69) is 0 Å². The van der Waals surface area contributed by atoms with Gasteiger partial charge in [0, 0.05) is 12.2 Å². The van der Waals surface area contributed by atoms with Crippen molar-refractivity contribution < 1.29 is 14.6 Å². The summed E-state index contributed by atoms with van der Waals surface area (Å²) in [5.41, 5.74) is 1.99. The van der Waals surface area contributed by atoms with E-state index in [-0.39, 0.29) is 6.10 Å². The van der Waals surface area contributed by atoms with E-state index in [1.54, 1.807) is 6.92 Å². The van der Waals surface area contributed by atoms with Crippen molar-refractivity contribution in [2.75, 3.05) is 13.2 Å². The Labute approximate surface area is 102 Å². The lowest BCUT2D eigenvalue weighted by Gasteiger charge is -2.25. The van der Waals surface area contributed by atoms with Crippen LogP contribution >= 0.6 is 0 Å². The van der Waals surface area contributed by atoms with Gasteiger partial charge in [0.1, 0.15) is 11.9 Å². The summed E-state index contributed by atoms with van der Waals surface area (Å²) in [7, 11) is 0. The summed E-state index contributed by atoms with van der Waals surface area (Å²) in [6.45, 7) is 5.26. The van der Waals surface area contributed by atoms with E-state index < -0.39 is 6.10 Å². The van der Waals surface area contributed by atoms with E-state index in [1.165, 1.54) is 0 Å². The van der Waals surface area contributed by atoms with Crippen molar-refractivity contribution in [1.29, 1.82) is 0 Å². The van der Waals surface area contributed by atoms with Crippen molar-refractivity contribution in [3.05, 3.63) is 29.3 Å². The van der Waals surface area contributed by atoms with E-state index >= 15 is 0 Å². The maximum Gasteiger partial charge on any atom is 0.125 e. The predicted molar refractivity (Wildman–Crippen MR) is 66.3 cm³/mol. The maximum atomic E-state index is 9.71. The van der Waals surface area contributed by atoms with Gasteiger partial charge in [0.2, 0.25) is 0 Å². The molecule has 1 N–H and O–H groups in total. The van der Waals surface area contributed by atoms with Crippen LogP contribution in [0.2, 0.25) is 0 Å². The molecule has 0 amide bonds. The average molecular weight is 236 g/mol. The number of hydrogen-bond acceptors (Lipinski definition) is 3. The highest BCUT2D eigenvalue weighted by Gasteiger charge is 2.18. The van der Waals surface area contributed by atoms with Crippen molar-refractivity contribution in [3.63, 3.8) is 0 Å². The molecule has 2 atom stereocenters. The standard InChI is InChI=1S/C14H20O3/c1-10-5-6-13(11(2)15)14(8-10)17-12-4-3-7-16-9-12/h5-6,8,11-12,15H,3-4,7,9H2,1-2H3. The van der Waals surface area contributed by atoms with Gasteiger partial charge in [-0.3, -0.25) is 0 Å². The molecular formula is C14H20O3. The molecule has 1 fully saturated rings. The third-order valence-corrected chi connectivity index (χ3v) is 3.03. The fourth-order valence-electron chi connectivity index (χ4n) is 2.07. The summed E-state index contributed by atoms with van der Waals surface area (Å²) in [4.78, 5) is 0. The number of aliphatic hydroxyl groups excluding tert-OH is 1. The molecule has 1 saturated heterocycles. The van der Waals surface area contributed by atoms with Gasteiger partial charge >= 0.3 is 0 Å². The lowest BCUT2D eigenvalue weighted by atomic mass is 10.1. The summed E-state index contributed by atoms with van der Waals surface area (Å²) in [5, 5.41) is 9.71. The molecular weight excluding hydrogens is 216 g/mol. The molecule has 0 bridgehead atoms. The van der Waals surface area contributed by atoms with Gasteiger partial charge < -0.3 is 14.6 Å². The first kappa shape index (κ1) is 12.4. The molecule has 3 nitrogen and oxygen atoms in total. The van der Waals surface area contributed by atoms with Crippen LogP contribution in [0.3, 0.4) is 0 Å². The number of ether oxygens (including phenoxy) is 2. The Balaban J connectivity index is 2.14. The molecule has 1 aromatic rings. The molecule has 1 heterocycles. The number of rotatable bonds is 3. The number of aryl methyl sites for hydroxylation is 1. The second kappa shape index (κ2) is 5.52. The first-order valence-electron chi connectivity index (χ1n) is 6.20. The molecule has 1 aliphatic heterocycles. The molecule has 3 heteroatoms. The van der Waals surface area contributed by atoms with Crippen molar-refractivity contribution in [3.8, 4) is 5.75 Å². The van der Waals surface area contributed by atoms with Crippen LogP contribution < -0.4 is 4.74 Å². The van der Waals surface area contributed by atoms with Gasteiger partial charge in [-0.2, -0.15) is 0 Å². The zero-order valence-electron chi connectivity index (χ0n) is 10.5. The normalized spacial score (nSPS) is 22.2. The number of aliphatic hydroxyl groups is 1. The molecule has 0 saturated carbocycles. The summed E-state index contributed by atoms with van der Waals surface area (Å²) < 4.78 is 11.3. The second-order valence-electron chi connectivity index (χ2n) is 4.67. The third-order valence-electron chi connectivity index (χ3n) is 3.03. The average Bonchev–Trinajstić information content (AvgIpc) is 2.30. The minimum atomic E-state index is -0.505. The molecule has 17 heavy (non-hydrogen) atoms.